The molecule has 1 aromatic carbocycles. The molecule has 3 rings (SSSR count). The highest BCUT2D eigenvalue weighted by molar-refractivity contribution is 7.11. The molecule has 1 saturated carbocycles. The lowest BCUT2D eigenvalue weighted by Crippen LogP contribution is -2.24. The number of nitrogens with one attached hydrogen (secondary N) is 1. The van der Waals surface area contributed by atoms with Crippen molar-refractivity contribution < 1.29 is 0 Å². The maximum absolute atomic E-state index is 4.54. The van der Waals surface area contributed by atoms with Crippen molar-refractivity contribution in [3.05, 3.63) is 52.0 Å². The first-order chi connectivity index (χ1) is 9.40. The second-order valence-corrected chi connectivity index (χ2v) is 6.44. The van der Waals surface area contributed by atoms with Crippen LogP contribution in [0.15, 0.2) is 36.5 Å². The summed E-state index contributed by atoms with van der Waals surface area (Å²) in [5, 5.41) is 4.86. The van der Waals surface area contributed by atoms with Crippen LogP contribution in [-0.4, -0.2) is 11.0 Å². The highest BCUT2D eigenvalue weighted by Gasteiger charge is 2.14. The first kappa shape index (κ1) is 12.8. The number of benzene rings is 1. The fourth-order valence-electron chi connectivity index (χ4n) is 2.66. The molecule has 0 atom stereocenters. The van der Waals surface area contributed by atoms with Crippen molar-refractivity contribution in [2.24, 2.45) is 0 Å². The first-order valence-electron chi connectivity index (χ1n) is 7.11. The summed E-state index contributed by atoms with van der Waals surface area (Å²) in [7, 11) is 0. The lowest BCUT2D eigenvalue weighted by Gasteiger charge is -2.09. The van der Waals surface area contributed by atoms with Crippen molar-refractivity contribution >= 4 is 11.3 Å². The molecule has 0 unspecified atom stereocenters. The van der Waals surface area contributed by atoms with Gasteiger partial charge in [0, 0.05) is 30.1 Å². The molecule has 1 heterocycles. The van der Waals surface area contributed by atoms with Crippen LogP contribution in [0.1, 0.15) is 41.1 Å². The second kappa shape index (κ2) is 6.31. The van der Waals surface area contributed by atoms with Gasteiger partial charge in [-0.15, -0.1) is 11.3 Å². The van der Waals surface area contributed by atoms with E-state index < -0.39 is 0 Å². The Labute approximate surface area is 118 Å². The molecule has 1 aliphatic carbocycles. The number of nitrogens with zero attached hydrogens (tertiary/aromatic N) is 1. The van der Waals surface area contributed by atoms with E-state index in [0.717, 1.165) is 19.0 Å². The Bertz CT molecular complexity index is 500. The number of hydrogen-bond donors (Lipinski definition) is 1. The van der Waals surface area contributed by atoms with Gasteiger partial charge in [-0.1, -0.05) is 43.2 Å². The molecule has 2 aromatic rings. The molecule has 19 heavy (non-hydrogen) atoms. The fourth-order valence-corrected chi connectivity index (χ4v) is 3.56. The Kier molecular flexibility index (Phi) is 4.26. The molecule has 0 spiro atoms. The Morgan fingerprint density at radius 3 is 2.74 bits per heavy atom. The lowest BCUT2D eigenvalue weighted by molar-refractivity contribution is 0.527. The zero-order chi connectivity index (χ0) is 12.9. The highest BCUT2D eigenvalue weighted by Crippen LogP contribution is 2.20. The Balaban J connectivity index is 1.54. The third-order valence-electron chi connectivity index (χ3n) is 3.72. The first-order valence-corrected chi connectivity index (χ1v) is 7.93. The van der Waals surface area contributed by atoms with Gasteiger partial charge in [0.05, 0.1) is 5.01 Å². The van der Waals surface area contributed by atoms with Crippen LogP contribution in [0.5, 0.6) is 0 Å². The van der Waals surface area contributed by atoms with Crippen molar-refractivity contribution in [2.75, 3.05) is 0 Å². The van der Waals surface area contributed by atoms with E-state index in [1.54, 1.807) is 0 Å². The third-order valence-corrected chi connectivity index (χ3v) is 4.72. The van der Waals surface area contributed by atoms with E-state index in [0.29, 0.717) is 0 Å². The molecule has 2 nitrogen and oxygen atoms in total. The number of aromatic nitrogens is 1. The average Bonchev–Trinajstić information content (AvgIpc) is 3.09. The van der Waals surface area contributed by atoms with Crippen LogP contribution in [0.3, 0.4) is 0 Å². The minimum Gasteiger partial charge on any atom is -0.309 e. The lowest BCUT2D eigenvalue weighted by atomic mass is 10.2. The monoisotopic (exact) mass is 272 g/mol. The minimum absolute atomic E-state index is 0.736. The smallest absolute Gasteiger partial charge is 0.0971 e. The van der Waals surface area contributed by atoms with Gasteiger partial charge in [-0.3, -0.25) is 0 Å². The molecule has 0 aliphatic heterocycles. The van der Waals surface area contributed by atoms with Crippen molar-refractivity contribution in [3.63, 3.8) is 0 Å². The molecule has 0 radical (unpaired) electrons. The summed E-state index contributed by atoms with van der Waals surface area (Å²) in [5.74, 6) is 0. The maximum atomic E-state index is 4.54. The van der Waals surface area contributed by atoms with Gasteiger partial charge in [0.15, 0.2) is 0 Å². The summed E-state index contributed by atoms with van der Waals surface area (Å²) < 4.78 is 0. The maximum Gasteiger partial charge on any atom is 0.0971 e. The molecule has 0 amide bonds. The van der Waals surface area contributed by atoms with Gasteiger partial charge in [-0.25, -0.2) is 4.98 Å². The Hall–Kier alpha value is -1.19. The highest BCUT2D eigenvalue weighted by atomic mass is 32.1. The molecular weight excluding hydrogens is 252 g/mol. The van der Waals surface area contributed by atoms with Crippen LogP contribution in [0.4, 0.5) is 0 Å². The molecule has 1 fully saturated rings. The van der Waals surface area contributed by atoms with Crippen molar-refractivity contribution in [2.45, 2.75) is 44.7 Å². The predicted octanol–water partition coefficient (Wildman–Crippen LogP) is 3.77. The normalized spacial score (nSPS) is 16.0. The van der Waals surface area contributed by atoms with Crippen LogP contribution in [-0.2, 0) is 13.0 Å². The zero-order valence-electron chi connectivity index (χ0n) is 11.1. The number of hydrogen-bond acceptors (Lipinski definition) is 3. The van der Waals surface area contributed by atoms with E-state index in [-0.39, 0.29) is 0 Å². The van der Waals surface area contributed by atoms with Crippen molar-refractivity contribution in [3.8, 4) is 0 Å². The second-order valence-electron chi connectivity index (χ2n) is 5.24. The molecule has 0 saturated heterocycles. The van der Waals surface area contributed by atoms with Gasteiger partial charge in [0.25, 0.3) is 0 Å². The number of thiazole rings is 1. The molecule has 1 N–H and O–H groups in total. The van der Waals surface area contributed by atoms with Gasteiger partial charge in [0.1, 0.15) is 0 Å². The van der Waals surface area contributed by atoms with E-state index in [9.17, 15) is 0 Å². The Morgan fingerprint density at radius 1 is 1.16 bits per heavy atom. The van der Waals surface area contributed by atoms with E-state index in [1.165, 1.54) is 41.1 Å². The number of rotatable bonds is 5. The molecule has 0 bridgehead atoms. The standard InChI is InChI=1S/C16H20N2S/c1-2-6-13(7-3-1)10-16-18-12-15(19-16)11-17-14-8-4-5-9-14/h1-3,6-7,12,14,17H,4-5,8-11H2. The molecular formula is C16H20N2S. The van der Waals surface area contributed by atoms with Gasteiger partial charge in [-0.2, -0.15) is 0 Å². The molecule has 1 aliphatic rings. The summed E-state index contributed by atoms with van der Waals surface area (Å²) in [6.07, 6.45) is 8.45. The van der Waals surface area contributed by atoms with E-state index >= 15 is 0 Å². The fraction of sp³-hybridized carbons (Fsp3) is 0.438. The molecule has 1 aromatic heterocycles. The van der Waals surface area contributed by atoms with Gasteiger partial charge in [-0.05, 0) is 18.4 Å². The van der Waals surface area contributed by atoms with E-state index in [4.69, 9.17) is 0 Å². The third kappa shape index (κ3) is 3.64. The summed E-state index contributed by atoms with van der Waals surface area (Å²) in [5.41, 5.74) is 1.34. The van der Waals surface area contributed by atoms with Crippen molar-refractivity contribution in [1.29, 1.82) is 0 Å². The topological polar surface area (TPSA) is 24.9 Å². The average molecular weight is 272 g/mol. The van der Waals surface area contributed by atoms with Crippen LogP contribution in [0.2, 0.25) is 0 Å². The van der Waals surface area contributed by atoms with Crippen LogP contribution in [0, 0.1) is 0 Å². The minimum atomic E-state index is 0.736. The quantitative estimate of drug-likeness (QED) is 0.896. The largest absolute Gasteiger partial charge is 0.309 e. The summed E-state index contributed by atoms with van der Waals surface area (Å²) in [6.45, 7) is 0.983. The SMILES string of the molecule is c1ccc(Cc2ncc(CNC3CCCC3)s2)cc1. The van der Waals surface area contributed by atoms with E-state index in [1.807, 2.05) is 17.5 Å². The van der Waals surface area contributed by atoms with Gasteiger partial charge < -0.3 is 5.32 Å². The molecule has 3 heteroatoms. The molecule has 100 valence electrons. The van der Waals surface area contributed by atoms with Crippen LogP contribution in [0.25, 0.3) is 0 Å². The summed E-state index contributed by atoms with van der Waals surface area (Å²) in [4.78, 5) is 5.89. The van der Waals surface area contributed by atoms with Crippen LogP contribution < -0.4 is 5.32 Å². The zero-order valence-corrected chi connectivity index (χ0v) is 12.0. The summed E-state index contributed by atoms with van der Waals surface area (Å²) >= 11 is 1.84. The van der Waals surface area contributed by atoms with Crippen LogP contribution >= 0.6 is 11.3 Å². The predicted molar refractivity (Wildman–Crippen MR) is 80.5 cm³/mol. The van der Waals surface area contributed by atoms with Crippen molar-refractivity contribution in [1.82, 2.24) is 10.3 Å². The van der Waals surface area contributed by atoms with Gasteiger partial charge >= 0.3 is 0 Å². The van der Waals surface area contributed by atoms with E-state index in [2.05, 4.69) is 40.6 Å². The van der Waals surface area contributed by atoms with Gasteiger partial charge in [0.2, 0.25) is 0 Å². The summed E-state index contributed by atoms with van der Waals surface area (Å²) in [6, 6.07) is 11.3. The Morgan fingerprint density at radius 2 is 1.95 bits per heavy atom.